The molecule has 0 aliphatic carbocycles. The van der Waals surface area contributed by atoms with Crippen LogP contribution in [-0.4, -0.2) is 35.4 Å². The van der Waals surface area contributed by atoms with Crippen molar-refractivity contribution in [3.05, 3.63) is 59.6 Å². The van der Waals surface area contributed by atoms with Gasteiger partial charge in [-0.15, -0.1) is 11.8 Å². The summed E-state index contributed by atoms with van der Waals surface area (Å²) in [5.74, 6) is -1.88. The van der Waals surface area contributed by atoms with Crippen molar-refractivity contribution in [1.82, 2.24) is 10.6 Å². The van der Waals surface area contributed by atoms with Crippen molar-refractivity contribution in [1.29, 1.82) is 0 Å². The molecule has 186 valence electrons. The van der Waals surface area contributed by atoms with Crippen molar-refractivity contribution < 1.29 is 27.6 Å². The molecule has 0 saturated heterocycles. The summed E-state index contributed by atoms with van der Waals surface area (Å²) in [6.07, 6.45) is 4.01. The molecule has 0 fully saturated rings. The molecule has 0 aliphatic rings. The minimum atomic E-state index is -1.14. The topological polar surface area (TPSA) is 88.4 Å². The van der Waals surface area contributed by atoms with Crippen molar-refractivity contribution in [3.8, 4) is 0 Å². The summed E-state index contributed by atoms with van der Waals surface area (Å²) in [6, 6.07) is 4.83. The minimum absolute atomic E-state index is 0.0645. The van der Waals surface area contributed by atoms with Crippen LogP contribution < -0.4 is 10.6 Å². The van der Waals surface area contributed by atoms with Crippen LogP contribution in [0.3, 0.4) is 0 Å². The Bertz CT molecular complexity index is 950. The van der Waals surface area contributed by atoms with E-state index in [1.807, 2.05) is 26.8 Å². The third-order valence-electron chi connectivity index (χ3n) is 5.13. The average molecular weight is 495 g/mol. The van der Waals surface area contributed by atoms with E-state index >= 15 is 0 Å². The van der Waals surface area contributed by atoms with Crippen molar-refractivity contribution >= 4 is 29.4 Å². The lowest BCUT2D eigenvalue weighted by atomic mass is 10.0. The number of Topliss-reactive ketones (excluding diaryl/α,β-unsaturated/α-hetero) is 1. The molecule has 1 heterocycles. The molecule has 0 bridgehead atoms. The largest absolute Gasteiger partial charge is 0.468 e. The molecule has 2 amide bonds. The van der Waals surface area contributed by atoms with E-state index < -0.39 is 35.5 Å². The first-order chi connectivity index (χ1) is 16.2. The molecule has 34 heavy (non-hydrogen) atoms. The van der Waals surface area contributed by atoms with Crippen LogP contribution in [0.15, 0.2) is 41.0 Å². The highest BCUT2D eigenvalue weighted by atomic mass is 32.2. The van der Waals surface area contributed by atoms with Gasteiger partial charge >= 0.3 is 0 Å². The fourth-order valence-electron chi connectivity index (χ4n) is 3.32. The molecule has 0 spiro atoms. The summed E-state index contributed by atoms with van der Waals surface area (Å²) < 4.78 is 32.0. The third-order valence-corrected chi connectivity index (χ3v) is 6.11. The number of hydrogen-bond donors (Lipinski definition) is 2. The summed E-state index contributed by atoms with van der Waals surface area (Å²) in [4.78, 5) is 38.5. The van der Waals surface area contributed by atoms with Gasteiger partial charge in [-0.25, -0.2) is 8.78 Å². The normalized spacial score (nSPS) is 12.9. The van der Waals surface area contributed by atoms with E-state index in [0.29, 0.717) is 18.6 Å². The number of halogens is 2. The lowest BCUT2D eigenvalue weighted by Crippen LogP contribution is -2.52. The van der Waals surface area contributed by atoms with Gasteiger partial charge in [0.05, 0.1) is 23.8 Å². The highest BCUT2D eigenvalue weighted by Gasteiger charge is 2.27. The van der Waals surface area contributed by atoms with E-state index in [0.717, 1.165) is 36.8 Å². The van der Waals surface area contributed by atoms with Crippen LogP contribution in [0.1, 0.15) is 62.6 Å². The molecule has 1 aromatic carbocycles. The van der Waals surface area contributed by atoms with Gasteiger partial charge < -0.3 is 15.1 Å². The van der Waals surface area contributed by atoms with Crippen LogP contribution in [0.2, 0.25) is 0 Å². The van der Waals surface area contributed by atoms with E-state index in [1.165, 1.54) is 11.8 Å². The number of hydrogen-bond acceptors (Lipinski definition) is 5. The molecule has 0 saturated carbocycles. The first kappa shape index (κ1) is 27.6. The second kappa shape index (κ2) is 13.9. The van der Waals surface area contributed by atoms with Gasteiger partial charge in [0.25, 0.3) is 5.91 Å². The van der Waals surface area contributed by atoms with Gasteiger partial charge in [-0.3, -0.25) is 14.4 Å². The Morgan fingerprint density at radius 3 is 2.44 bits per heavy atom. The van der Waals surface area contributed by atoms with Crippen molar-refractivity contribution in [2.75, 3.05) is 5.75 Å². The van der Waals surface area contributed by atoms with Crippen molar-refractivity contribution in [2.45, 2.75) is 64.3 Å². The zero-order chi connectivity index (χ0) is 25.1. The number of carbonyl (C=O) groups excluding carboxylic acids is 3. The van der Waals surface area contributed by atoms with Crippen LogP contribution in [0.5, 0.6) is 0 Å². The van der Waals surface area contributed by atoms with E-state index in [-0.39, 0.29) is 23.0 Å². The van der Waals surface area contributed by atoms with Gasteiger partial charge in [0.1, 0.15) is 11.8 Å². The number of ketones is 1. The fraction of sp³-hybridized carbons (Fsp3) is 0.480. The summed E-state index contributed by atoms with van der Waals surface area (Å²) in [7, 11) is 0. The number of furan rings is 1. The van der Waals surface area contributed by atoms with Gasteiger partial charge in [0.15, 0.2) is 17.4 Å². The maximum atomic E-state index is 13.5. The molecular weight excluding hydrogens is 462 g/mol. The van der Waals surface area contributed by atoms with E-state index in [1.54, 1.807) is 12.3 Å². The second-order valence-corrected chi connectivity index (χ2v) is 9.51. The molecule has 2 aromatic rings. The Hall–Kier alpha value is -2.68. The second-order valence-electron chi connectivity index (χ2n) is 8.53. The Labute approximate surface area is 203 Å². The maximum Gasteiger partial charge on any atom is 0.252 e. The Balaban J connectivity index is 2.04. The first-order valence-electron chi connectivity index (χ1n) is 11.4. The van der Waals surface area contributed by atoms with Crippen LogP contribution >= 0.6 is 11.8 Å². The monoisotopic (exact) mass is 494 g/mol. The number of carbonyl (C=O) groups is 3. The van der Waals surface area contributed by atoms with Gasteiger partial charge in [0, 0.05) is 5.56 Å². The SMILES string of the molecule is CCCCC(NC(=O)C(CC(C)C)NC(=O)c1ccc(F)c(F)c1)C(=O)CSCc1ccco1. The standard InChI is InChI=1S/C25H32F2N2O4S/c1-4-5-8-21(23(30)15-34-14-18-7-6-11-33-18)28-25(32)22(12-16(2)3)29-24(31)17-9-10-19(26)20(27)13-17/h6-7,9-11,13,16,21-22H,4-5,8,12,14-15H2,1-3H3,(H,28,32)(H,29,31). The number of nitrogens with one attached hydrogen (secondary N) is 2. The molecule has 2 rings (SSSR count). The van der Waals surface area contributed by atoms with Gasteiger partial charge in [0.2, 0.25) is 5.91 Å². The van der Waals surface area contributed by atoms with Crippen molar-refractivity contribution in [2.24, 2.45) is 5.92 Å². The smallest absolute Gasteiger partial charge is 0.252 e. The number of thioether (sulfide) groups is 1. The molecule has 2 atom stereocenters. The highest BCUT2D eigenvalue weighted by Crippen LogP contribution is 2.15. The predicted octanol–water partition coefficient (Wildman–Crippen LogP) is 4.88. The summed E-state index contributed by atoms with van der Waals surface area (Å²) >= 11 is 1.41. The maximum absolute atomic E-state index is 13.5. The van der Waals surface area contributed by atoms with Gasteiger partial charge in [-0.1, -0.05) is 33.6 Å². The molecule has 0 radical (unpaired) electrons. The number of rotatable bonds is 14. The van der Waals surface area contributed by atoms with Gasteiger partial charge in [-0.2, -0.15) is 0 Å². The summed E-state index contributed by atoms with van der Waals surface area (Å²) in [5, 5.41) is 5.41. The minimum Gasteiger partial charge on any atom is -0.468 e. The lowest BCUT2D eigenvalue weighted by Gasteiger charge is -2.24. The quantitative estimate of drug-likeness (QED) is 0.391. The lowest BCUT2D eigenvalue weighted by molar-refractivity contribution is -0.128. The van der Waals surface area contributed by atoms with E-state index in [2.05, 4.69) is 10.6 Å². The van der Waals surface area contributed by atoms with Crippen LogP contribution in [0, 0.1) is 17.6 Å². The zero-order valence-electron chi connectivity index (χ0n) is 19.7. The van der Waals surface area contributed by atoms with Gasteiger partial charge in [-0.05, 0) is 49.1 Å². The Morgan fingerprint density at radius 2 is 1.82 bits per heavy atom. The molecule has 2 unspecified atom stereocenters. The molecule has 6 nitrogen and oxygen atoms in total. The van der Waals surface area contributed by atoms with E-state index in [4.69, 9.17) is 4.42 Å². The summed E-state index contributed by atoms with van der Waals surface area (Å²) in [6.45, 7) is 5.79. The third kappa shape index (κ3) is 8.93. The van der Waals surface area contributed by atoms with Crippen LogP contribution in [-0.2, 0) is 15.3 Å². The number of unbranched alkanes of at least 4 members (excludes halogenated alkanes) is 1. The molecule has 2 N–H and O–H groups in total. The zero-order valence-corrected chi connectivity index (χ0v) is 20.6. The summed E-state index contributed by atoms with van der Waals surface area (Å²) in [5.41, 5.74) is -0.0895. The van der Waals surface area contributed by atoms with Crippen LogP contribution in [0.25, 0.3) is 0 Å². The first-order valence-corrected chi connectivity index (χ1v) is 12.6. The Kier molecular flexibility index (Phi) is 11.3. The Morgan fingerprint density at radius 1 is 1.06 bits per heavy atom. The molecule has 1 aromatic heterocycles. The highest BCUT2D eigenvalue weighted by molar-refractivity contribution is 7.99. The molecular formula is C25H32F2N2O4S. The molecule has 9 heteroatoms. The van der Waals surface area contributed by atoms with Crippen LogP contribution in [0.4, 0.5) is 8.78 Å². The number of amides is 2. The molecule has 0 aliphatic heterocycles. The van der Waals surface area contributed by atoms with Crippen molar-refractivity contribution in [3.63, 3.8) is 0 Å². The predicted molar refractivity (Wildman–Crippen MR) is 128 cm³/mol. The van der Waals surface area contributed by atoms with E-state index in [9.17, 15) is 23.2 Å². The fourth-order valence-corrected chi connectivity index (χ4v) is 4.19. The number of benzene rings is 1. The average Bonchev–Trinajstić information content (AvgIpc) is 3.30.